The molecule has 0 aliphatic heterocycles. The minimum atomic E-state index is -0.336. The standard InChI is InChI=1S/C25H18ClN5O2/c26-18-6-8-19(9-7-18)29-23(32)15-30-16-28-24-21(25(30)33)14-22(17-4-2-1-3-5-17)31(24)20-10-12-27-13-11-20/h1-14,16H,15H2,(H,29,32). The summed E-state index contributed by atoms with van der Waals surface area (Å²) in [5, 5.41) is 3.76. The quantitative estimate of drug-likeness (QED) is 0.422. The number of nitrogens with zero attached hydrogens (tertiary/aromatic N) is 4. The van der Waals surface area contributed by atoms with Gasteiger partial charge in [-0.3, -0.25) is 23.7 Å². The van der Waals surface area contributed by atoms with Crippen molar-refractivity contribution >= 4 is 34.2 Å². The number of carbonyl (C=O) groups is 1. The first kappa shape index (κ1) is 20.7. The lowest BCUT2D eigenvalue weighted by Crippen LogP contribution is -2.27. The van der Waals surface area contributed by atoms with E-state index in [4.69, 9.17) is 11.6 Å². The summed E-state index contributed by atoms with van der Waals surface area (Å²) in [6, 6.07) is 22.1. The highest BCUT2D eigenvalue weighted by molar-refractivity contribution is 6.30. The molecule has 5 rings (SSSR count). The number of hydrogen-bond acceptors (Lipinski definition) is 4. The molecule has 0 aliphatic rings. The maximum atomic E-state index is 13.3. The van der Waals surface area contributed by atoms with Gasteiger partial charge in [0.1, 0.15) is 12.9 Å². The average Bonchev–Trinajstić information content (AvgIpc) is 3.24. The lowest BCUT2D eigenvalue weighted by atomic mass is 10.1. The molecular formula is C25H18ClN5O2. The van der Waals surface area contributed by atoms with Crippen LogP contribution in [0.4, 0.5) is 5.69 Å². The third kappa shape index (κ3) is 4.14. The van der Waals surface area contributed by atoms with Crippen LogP contribution in [0.15, 0.2) is 96.3 Å². The average molecular weight is 456 g/mol. The van der Waals surface area contributed by atoms with Crippen molar-refractivity contribution in [2.45, 2.75) is 6.54 Å². The summed E-state index contributed by atoms with van der Waals surface area (Å²) < 4.78 is 3.23. The second kappa shape index (κ2) is 8.72. The fraction of sp³-hybridized carbons (Fsp3) is 0.0400. The van der Waals surface area contributed by atoms with Crippen LogP contribution in [0, 0.1) is 0 Å². The highest BCUT2D eigenvalue weighted by atomic mass is 35.5. The molecule has 1 amide bonds. The summed E-state index contributed by atoms with van der Waals surface area (Å²) in [6.45, 7) is -0.161. The molecule has 0 saturated heterocycles. The van der Waals surface area contributed by atoms with Gasteiger partial charge in [-0.15, -0.1) is 0 Å². The molecule has 0 fully saturated rings. The van der Waals surface area contributed by atoms with Crippen molar-refractivity contribution in [2.24, 2.45) is 0 Å². The van der Waals surface area contributed by atoms with E-state index in [0.29, 0.717) is 21.7 Å². The molecule has 7 nitrogen and oxygen atoms in total. The monoisotopic (exact) mass is 455 g/mol. The van der Waals surface area contributed by atoms with Crippen LogP contribution < -0.4 is 10.9 Å². The Morgan fingerprint density at radius 3 is 2.42 bits per heavy atom. The molecule has 0 saturated carbocycles. The number of halogens is 1. The van der Waals surface area contributed by atoms with Gasteiger partial charge in [0, 0.05) is 23.1 Å². The molecule has 5 aromatic rings. The van der Waals surface area contributed by atoms with Gasteiger partial charge in [-0.25, -0.2) is 4.98 Å². The van der Waals surface area contributed by atoms with Crippen molar-refractivity contribution in [3.05, 3.63) is 107 Å². The zero-order valence-electron chi connectivity index (χ0n) is 17.4. The Kier molecular flexibility index (Phi) is 5.46. The van der Waals surface area contributed by atoms with E-state index in [-0.39, 0.29) is 18.0 Å². The second-order valence-electron chi connectivity index (χ2n) is 7.41. The number of aromatic nitrogens is 4. The van der Waals surface area contributed by atoms with Crippen molar-refractivity contribution in [3.63, 3.8) is 0 Å². The Hall–Kier alpha value is -4.23. The van der Waals surface area contributed by atoms with E-state index in [1.54, 1.807) is 36.7 Å². The Morgan fingerprint density at radius 2 is 1.70 bits per heavy atom. The first-order valence-electron chi connectivity index (χ1n) is 10.2. The number of anilines is 1. The van der Waals surface area contributed by atoms with Crippen LogP contribution in [0.1, 0.15) is 0 Å². The van der Waals surface area contributed by atoms with E-state index in [0.717, 1.165) is 16.9 Å². The molecule has 0 bridgehead atoms. The van der Waals surface area contributed by atoms with Gasteiger partial charge in [0.15, 0.2) is 5.65 Å². The molecule has 8 heteroatoms. The number of carbonyl (C=O) groups excluding carboxylic acids is 1. The summed E-state index contributed by atoms with van der Waals surface area (Å²) in [4.78, 5) is 34.4. The lowest BCUT2D eigenvalue weighted by Gasteiger charge is -2.11. The van der Waals surface area contributed by atoms with E-state index in [9.17, 15) is 9.59 Å². The molecule has 1 N–H and O–H groups in total. The highest BCUT2D eigenvalue weighted by Gasteiger charge is 2.17. The maximum Gasteiger partial charge on any atom is 0.263 e. The van der Waals surface area contributed by atoms with E-state index in [1.165, 1.54) is 10.9 Å². The normalized spacial score (nSPS) is 10.9. The second-order valence-corrected chi connectivity index (χ2v) is 7.84. The van der Waals surface area contributed by atoms with E-state index in [1.807, 2.05) is 53.1 Å². The molecule has 0 spiro atoms. The highest BCUT2D eigenvalue weighted by Crippen LogP contribution is 2.29. The van der Waals surface area contributed by atoms with Crippen molar-refractivity contribution in [1.29, 1.82) is 0 Å². The summed E-state index contributed by atoms with van der Waals surface area (Å²) in [5.41, 5.74) is 3.42. The Bertz CT molecular complexity index is 1490. The van der Waals surface area contributed by atoms with Crippen LogP contribution in [0.5, 0.6) is 0 Å². The van der Waals surface area contributed by atoms with Crippen LogP contribution in [-0.2, 0) is 11.3 Å². The minimum absolute atomic E-state index is 0.161. The number of hydrogen-bond donors (Lipinski definition) is 1. The summed E-state index contributed by atoms with van der Waals surface area (Å²) in [5.74, 6) is -0.336. The number of nitrogens with one attached hydrogen (secondary N) is 1. The van der Waals surface area contributed by atoms with Gasteiger partial charge < -0.3 is 5.32 Å². The van der Waals surface area contributed by atoms with Gasteiger partial charge in [0.25, 0.3) is 5.56 Å². The lowest BCUT2D eigenvalue weighted by molar-refractivity contribution is -0.116. The maximum absolute atomic E-state index is 13.3. The first-order valence-corrected chi connectivity index (χ1v) is 10.6. The van der Waals surface area contributed by atoms with Gasteiger partial charge in [0.2, 0.25) is 5.91 Å². The van der Waals surface area contributed by atoms with Crippen LogP contribution >= 0.6 is 11.6 Å². The Morgan fingerprint density at radius 1 is 0.970 bits per heavy atom. The van der Waals surface area contributed by atoms with Gasteiger partial charge in [-0.1, -0.05) is 41.9 Å². The van der Waals surface area contributed by atoms with Crippen LogP contribution in [0.25, 0.3) is 28.0 Å². The molecule has 33 heavy (non-hydrogen) atoms. The van der Waals surface area contributed by atoms with Crippen LogP contribution in [0.3, 0.4) is 0 Å². The number of amides is 1. The fourth-order valence-electron chi connectivity index (χ4n) is 3.69. The first-order chi connectivity index (χ1) is 16.1. The Labute approximate surface area is 193 Å². The molecular weight excluding hydrogens is 438 g/mol. The third-order valence-corrected chi connectivity index (χ3v) is 5.47. The predicted molar refractivity (Wildman–Crippen MR) is 129 cm³/mol. The van der Waals surface area contributed by atoms with Gasteiger partial charge >= 0.3 is 0 Å². The van der Waals surface area contributed by atoms with E-state index < -0.39 is 0 Å². The smallest absolute Gasteiger partial charge is 0.263 e. The number of benzene rings is 2. The largest absolute Gasteiger partial charge is 0.325 e. The number of rotatable bonds is 5. The van der Waals surface area contributed by atoms with Gasteiger partial charge in [0.05, 0.1) is 16.8 Å². The zero-order chi connectivity index (χ0) is 22.8. The van der Waals surface area contributed by atoms with E-state index in [2.05, 4.69) is 15.3 Å². The summed E-state index contributed by atoms with van der Waals surface area (Å²) in [6.07, 6.45) is 4.79. The summed E-state index contributed by atoms with van der Waals surface area (Å²) in [7, 11) is 0. The van der Waals surface area contributed by atoms with Crippen molar-refractivity contribution in [2.75, 3.05) is 5.32 Å². The molecule has 2 aromatic carbocycles. The van der Waals surface area contributed by atoms with Gasteiger partial charge in [-0.05, 0) is 48.0 Å². The van der Waals surface area contributed by atoms with Crippen molar-refractivity contribution < 1.29 is 4.79 Å². The number of fused-ring (bicyclic) bond motifs is 1. The fourth-order valence-corrected chi connectivity index (χ4v) is 3.82. The zero-order valence-corrected chi connectivity index (χ0v) is 18.1. The molecule has 0 aliphatic carbocycles. The molecule has 3 heterocycles. The molecule has 3 aromatic heterocycles. The Balaban J connectivity index is 1.56. The number of pyridine rings is 1. The summed E-state index contributed by atoms with van der Waals surface area (Å²) >= 11 is 5.89. The minimum Gasteiger partial charge on any atom is -0.325 e. The SMILES string of the molecule is O=C(Cn1cnc2c(cc(-c3ccccc3)n2-c2ccncc2)c1=O)Nc1ccc(Cl)cc1. The van der Waals surface area contributed by atoms with E-state index >= 15 is 0 Å². The molecule has 0 unspecified atom stereocenters. The molecule has 0 atom stereocenters. The van der Waals surface area contributed by atoms with Crippen molar-refractivity contribution in [3.8, 4) is 16.9 Å². The topological polar surface area (TPSA) is 81.8 Å². The molecule has 0 radical (unpaired) electrons. The van der Waals surface area contributed by atoms with Crippen molar-refractivity contribution in [1.82, 2.24) is 19.1 Å². The third-order valence-electron chi connectivity index (χ3n) is 5.22. The van der Waals surface area contributed by atoms with Crippen LogP contribution in [-0.4, -0.2) is 25.0 Å². The molecule has 162 valence electrons. The predicted octanol–water partition coefficient (Wildman–Crippen LogP) is 4.54. The van der Waals surface area contributed by atoms with Crippen LogP contribution in [0.2, 0.25) is 5.02 Å². The van der Waals surface area contributed by atoms with Gasteiger partial charge in [-0.2, -0.15) is 0 Å².